The Bertz CT molecular complexity index is 987. The van der Waals surface area contributed by atoms with Gasteiger partial charge in [-0.1, -0.05) is 35.5 Å². The molecule has 0 saturated heterocycles. The summed E-state index contributed by atoms with van der Waals surface area (Å²) in [6.45, 7) is 2.63. The first kappa shape index (κ1) is 19.9. The molecule has 0 atom stereocenters. The van der Waals surface area contributed by atoms with Crippen LogP contribution in [-0.4, -0.2) is 32.4 Å². The minimum absolute atomic E-state index is 0.0538. The summed E-state index contributed by atoms with van der Waals surface area (Å²) in [7, 11) is 0. The van der Waals surface area contributed by atoms with Gasteiger partial charge < -0.3 is 19.8 Å². The SMILES string of the molecule is CCn1c(SCC(=O)Nc2ccc(C(=O)[O-])cc2)nnc1-c1ccc(Cl)cc1. The number of carbonyl (C=O) groups excluding carboxylic acids is 2. The van der Waals surface area contributed by atoms with Gasteiger partial charge in [-0.2, -0.15) is 0 Å². The van der Waals surface area contributed by atoms with Crippen LogP contribution in [0.3, 0.4) is 0 Å². The highest BCUT2D eigenvalue weighted by Crippen LogP contribution is 2.25. The van der Waals surface area contributed by atoms with Crippen LogP contribution < -0.4 is 10.4 Å². The third-order valence-corrected chi connectivity index (χ3v) is 5.09. The number of anilines is 1. The van der Waals surface area contributed by atoms with Crippen LogP contribution in [0, 0.1) is 0 Å². The van der Waals surface area contributed by atoms with E-state index in [1.54, 1.807) is 12.1 Å². The van der Waals surface area contributed by atoms with Crippen LogP contribution in [0.2, 0.25) is 5.02 Å². The van der Waals surface area contributed by atoms with Gasteiger partial charge in [0.1, 0.15) is 0 Å². The molecule has 3 aromatic rings. The average molecular weight is 416 g/mol. The zero-order chi connectivity index (χ0) is 20.1. The number of benzene rings is 2. The lowest BCUT2D eigenvalue weighted by Gasteiger charge is -2.08. The van der Waals surface area contributed by atoms with Gasteiger partial charge in [0, 0.05) is 22.8 Å². The molecule has 0 aliphatic carbocycles. The van der Waals surface area contributed by atoms with Gasteiger partial charge in [-0.3, -0.25) is 4.79 Å². The van der Waals surface area contributed by atoms with Crippen LogP contribution in [0.5, 0.6) is 0 Å². The first-order chi connectivity index (χ1) is 13.5. The van der Waals surface area contributed by atoms with E-state index in [9.17, 15) is 14.7 Å². The fourth-order valence-corrected chi connectivity index (χ4v) is 3.44. The second-order valence-corrected chi connectivity index (χ2v) is 7.14. The number of hydrogen-bond acceptors (Lipinski definition) is 6. The van der Waals surface area contributed by atoms with E-state index in [2.05, 4.69) is 15.5 Å². The predicted octanol–water partition coefficient (Wildman–Crippen LogP) is 2.71. The fraction of sp³-hybridized carbons (Fsp3) is 0.158. The summed E-state index contributed by atoms with van der Waals surface area (Å²) in [5.74, 6) is -0.644. The van der Waals surface area contributed by atoms with E-state index in [0.29, 0.717) is 28.2 Å². The summed E-state index contributed by atoms with van der Waals surface area (Å²) in [6, 6.07) is 13.1. The molecule has 2 aromatic carbocycles. The van der Waals surface area contributed by atoms with Gasteiger partial charge in [-0.15, -0.1) is 10.2 Å². The molecule has 0 aliphatic heterocycles. The van der Waals surface area contributed by atoms with Crippen molar-refractivity contribution in [2.45, 2.75) is 18.6 Å². The number of thioether (sulfide) groups is 1. The largest absolute Gasteiger partial charge is 0.545 e. The summed E-state index contributed by atoms with van der Waals surface area (Å²) in [5, 5.41) is 23.2. The molecule has 1 N–H and O–H groups in total. The van der Waals surface area contributed by atoms with Crippen molar-refractivity contribution in [3.8, 4) is 11.4 Å². The maximum atomic E-state index is 12.2. The van der Waals surface area contributed by atoms with Crippen molar-refractivity contribution in [3.63, 3.8) is 0 Å². The second kappa shape index (κ2) is 8.90. The predicted molar refractivity (Wildman–Crippen MR) is 106 cm³/mol. The molecular formula is C19H16ClN4O3S-. The van der Waals surface area contributed by atoms with Gasteiger partial charge in [0.2, 0.25) is 5.91 Å². The second-order valence-electron chi connectivity index (χ2n) is 5.76. The number of halogens is 1. The number of nitrogens with zero attached hydrogens (tertiary/aromatic N) is 3. The molecule has 0 fully saturated rings. The van der Waals surface area contributed by atoms with E-state index in [1.807, 2.05) is 23.6 Å². The molecule has 0 saturated carbocycles. The Morgan fingerprint density at radius 1 is 1.11 bits per heavy atom. The van der Waals surface area contributed by atoms with Gasteiger partial charge in [0.25, 0.3) is 0 Å². The van der Waals surface area contributed by atoms with Crippen molar-refractivity contribution in [2.75, 3.05) is 11.1 Å². The van der Waals surface area contributed by atoms with E-state index >= 15 is 0 Å². The van der Waals surface area contributed by atoms with E-state index in [0.717, 1.165) is 5.56 Å². The summed E-state index contributed by atoms with van der Waals surface area (Å²) in [4.78, 5) is 22.9. The molecule has 28 heavy (non-hydrogen) atoms. The minimum Gasteiger partial charge on any atom is -0.545 e. The number of carboxylic acid groups (broad SMARTS) is 1. The van der Waals surface area contributed by atoms with Crippen LogP contribution in [0.4, 0.5) is 5.69 Å². The standard InChI is InChI=1S/C19H17ClN4O3S/c1-2-24-17(12-3-7-14(20)8-4-12)22-23-19(24)28-11-16(25)21-15-9-5-13(6-10-15)18(26)27/h3-10H,2,11H2,1H3,(H,21,25)(H,26,27)/p-1. The lowest BCUT2D eigenvalue weighted by Crippen LogP contribution is -2.22. The Kier molecular flexibility index (Phi) is 6.33. The number of rotatable bonds is 7. The lowest BCUT2D eigenvalue weighted by atomic mass is 10.2. The zero-order valence-electron chi connectivity index (χ0n) is 14.9. The Balaban J connectivity index is 1.64. The monoisotopic (exact) mass is 415 g/mol. The van der Waals surface area contributed by atoms with Gasteiger partial charge in [0.05, 0.1) is 11.7 Å². The van der Waals surface area contributed by atoms with Gasteiger partial charge in [0.15, 0.2) is 11.0 Å². The van der Waals surface area contributed by atoms with Gasteiger partial charge in [-0.25, -0.2) is 0 Å². The smallest absolute Gasteiger partial charge is 0.234 e. The minimum atomic E-state index is -1.26. The Labute approximate surface area is 170 Å². The summed E-state index contributed by atoms with van der Waals surface area (Å²) in [6.07, 6.45) is 0. The molecular weight excluding hydrogens is 400 g/mol. The summed E-state index contributed by atoms with van der Waals surface area (Å²) in [5.41, 5.74) is 1.45. The van der Waals surface area contributed by atoms with Crippen molar-refractivity contribution < 1.29 is 14.7 Å². The first-order valence-corrected chi connectivity index (χ1v) is 9.77. The van der Waals surface area contributed by atoms with Crippen molar-refractivity contribution in [1.82, 2.24) is 14.8 Å². The molecule has 7 nitrogen and oxygen atoms in total. The molecule has 0 spiro atoms. The van der Waals surface area contributed by atoms with Crippen molar-refractivity contribution in [2.24, 2.45) is 0 Å². The van der Waals surface area contributed by atoms with E-state index < -0.39 is 5.97 Å². The van der Waals surface area contributed by atoms with Crippen molar-refractivity contribution >= 4 is 40.9 Å². The van der Waals surface area contributed by atoms with Crippen molar-refractivity contribution in [1.29, 1.82) is 0 Å². The quantitative estimate of drug-likeness (QED) is 0.595. The molecule has 0 unspecified atom stereocenters. The Morgan fingerprint density at radius 3 is 2.39 bits per heavy atom. The van der Waals surface area contributed by atoms with E-state index in [1.165, 1.54) is 36.0 Å². The van der Waals surface area contributed by atoms with Crippen LogP contribution in [0.1, 0.15) is 17.3 Å². The maximum Gasteiger partial charge on any atom is 0.234 e. The zero-order valence-corrected chi connectivity index (χ0v) is 16.5. The highest BCUT2D eigenvalue weighted by Gasteiger charge is 2.14. The molecule has 1 heterocycles. The van der Waals surface area contributed by atoms with Gasteiger partial charge in [-0.05, 0) is 48.9 Å². The van der Waals surface area contributed by atoms with Crippen LogP contribution in [0.15, 0.2) is 53.7 Å². The van der Waals surface area contributed by atoms with Crippen LogP contribution in [-0.2, 0) is 11.3 Å². The summed E-state index contributed by atoms with van der Waals surface area (Å²) >= 11 is 7.20. The fourth-order valence-electron chi connectivity index (χ4n) is 2.51. The molecule has 1 aromatic heterocycles. The normalized spacial score (nSPS) is 10.6. The Morgan fingerprint density at radius 2 is 1.79 bits per heavy atom. The van der Waals surface area contributed by atoms with Crippen molar-refractivity contribution in [3.05, 3.63) is 59.1 Å². The third kappa shape index (κ3) is 4.71. The van der Waals surface area contributed by atoms with Gasteiger partial charge >= 0.3 is 0 Å². The molecule has 0 radical (unpaired) electrons. The number of hydrogen-bond donors (Lipinski definition) is 1. The topological polar surface area (TPSA) is 99.9 Å². The van der Waals surface area contributed by atoms with E-state index in [4.69, 9.17) is 11.6 Å². The summed E-state index contributed by atoms with van der Waals surface area (Å²) < 4.78 is 1.93. The lowest BCUT2D eigenvalue weighted by molar-refractivity contribution is -0.255. The molecule has 9 heteroatoms. The highest BCUT2D eigenvalue weighted by atomic mass is 35.5. The number of carbonyl (C=O) groups is 2. The molecule has 0 bridgehead atoms. The third-order valence-electron chi connectivity index (χ3n) is 3.87. The molecule has 1 amide bonds. The average Bonchev–Trinajstić information content (AvgIpc) is 3.10. The maximum absolute atomic E-state index is 12.2. The number of nitrogens with one attached hydrogen (secondary N) is 1. The Hall–Kier alpha value is -2.84. The van der Waals surface area contributed by atoms with E-state index in [-0.39, 0.29) is 17.2 Å². The number of aromatic nitrogens is 3. The molecule has 0 aliphatic rings. The number of aromatic carboxylic acids is 1. The molecule has 3 rings (SSSR count). The number of amides is 1. The van der Waals surface area contributed by atoms with Crippen LogP contribution >= 0.6 is 23.4 Å². The van der Waals surface area contributed by atoms with Crippen LogP contribution in [0.25, 0.3) is 11.4 Å². The first-order valence-electron chi connectivity index (χ1n) is 8.41. The number of carboxylic acids is 1. The molecule has 144 valence electrons. The highest BCUT2D eigenvalue weighted by molar-refractivity contribution is 7.99.